The fourth-order valence-electron chi connectivity index (χ4n) is 0.887. The van der Waals surface area contributed by atoms with Gasteiger partial charge >= 0.3 is 6.09 Å². The molecule has 0 aliphatic rings. The van der Waals surface area contributed by atoms with Crippen molar-refractivity contribution >= 4 is 22.0 Å². The average Bonchev–Trinajstić information content (AvgIpc) is 2.11. The number of nitrogens with zero attached hydrogens (tertiary/aromatic N) is 1. The molecule has 0 saturated carbocycles. The van der Waals surface area contributed by atoms with Crippen molar-refractivity contribution in [1.29, 1.82) is 0 Å². The summed E-state index contributed by atoms with van der Waals surface area (Å²) < 4.78 is 5.18. The second kappa shape index (κ2) is 5.70. The molecular formula is C10H20BrNO3. The van der Waals surface area contributed by atoms with E-state index in [2.05, 4.69) is 15.9 Å². The molecule has 0 spiro atoms. The number of alkyl halides is 1. The van der Waals surface area contributed by atoms with Gasteiger partial charge in [-0.1, -0.05) is 15.9 Å². The molecular weight excluding hydrogens is 262 g/mol. The summed E-state index contributed by atoms with van der Waals surface area (Å²) in [7, 11) is 1.62. The fourth-order valence-corrected chi connectivity index (χ4v) is 1.43. The maximum Gasteiger partial charge on any atom is 0.410 e. The second-order valence-corrected chi connectivity index (χ2v) is 5.20. The van der Waals surface area contributed by atoms with Crippen LogP contribution in [0.3, 0.4) is 0 Å². The number of ether oxygens (including phenoxy) is 1. The van der Waals surface area contributed by atoms with Gasteiger partial charge in [0.1, 0.15) is 5.60 Å². The zero-order valence-electron chi connectivity index (χ0n) is 9.95. The first-order valence-electron chi connectivity index (χ1n) is 4.89. The summed E-state index contributed by atoms with van der Waals surface area (Å²) in [6, 6.07) is -0.278. The smallest absolute Gasteiger partial charge is 0.410 e. The quantitative estimate of drug-likeness (QED) is 0.805. The highest BCUT2D eigenvalue weighted by atomic mass is 79.9. The number of amides is 1. The Morgan fingerprint density at radius 1 is 1.53 bits per heavy atom. The highest BCUT2D eigenvalue weighted by Crippen LogP contribution is 2.12. The Kier molecular flexibility index (Phi) is 5.59. The van der Waals surface area contributed by atoms with Crippen LogP contribution in [0.2, 0.25) is 0 Å². The summed E-state index contributed by atoms with van der Waals surface area (Å²) in [5.41, 5.74) is -0.510. The first-order valence-corrected chi connectivity index (χ1v) is 6.01. The van der Waals surface area contributed by atoms with Crippen molar-refractivity contribution in [3.05, 3.63) is 0 Å². The van der Waals surface area contributed by atoms with E-state index in [4.69, 9.17) is 4.74 Å². The fraction of sp³-hybridized carbons (Fsp3) is 0.900. The van der Waals surface area contributed by atoms with Crippen LogP contribution in [0.1, 0.15) is 27.7 Å². The Balaban J connectivity index is 4.32. The molecule has 0 aliphatic carbocycles. The molecule has 0 aliphatic heterocycles. The third-order valence-electron chi connectivity index (χ3n) is 2.01. The number of hydrogen-bond donors (Lipinski definition) is 1. The summed E-state index contributed by atoms with van der Waals surface area (Å²) in [6.07, 6.45) is -1.02. The van der Waals surface area contributed by atoms with Gasteiger partial charge in [-0.15, -0.1) is 0 Å². The number of hydrogen-bond acceptors (Lipinski definition) is 3. The molecule has 0 bridgehead atoms. The van der Waals surface area contributed by atoms with E-state index in [-0.39, 0.29) is 6.04 Å². The van der Waals surface area contributed by atoms with Gasteiger partial charge in [0.15, 0.2) is 0 Å². The van der Waals surface area contributed by atoms with Gasteiger partial charge < -0.3 is 14.7 Å². The van der Waals surface area contributed by atoms with E-state index in [9.17, 15) is 9.90 Å². The van der Waals surface area contributed by atoms with Crippen molar-refractivity contribution in [2.75, 3.05) is 12.4 Å². The van der Waals surface area contributed by atoms with Crippen LogP contribution >= 0.6 is 15.9 Å². The number of rotatable bonds is 3. The third-order valence-corrected chi connectivity index (χ3v) is 2.67. The van der Waals surface area contributed by atoms with E-state index in [1.54, 1.807) is 14.0 Å². The molecule has 0 fully saturated rings. The molecule has 0 saturated heterocycles. The highest BCUT2D eigenvalue weighted by molar-refractivity contribution is 9.09. The number of aliphatic hydroxyl groups excluding tert-OH is 1. The normalized spacial score (nSPS) is 15.7. The SMILES string of the molecule is CC(C(O)CBr)N(C)C(=O)OC(C)(C)C. The lowest BCUT2D eigenvalue weighted by Gasteiger charge is -2.30. The van der Waals surface area contributed by atoms with Crippen LogP contribution in [0.4, 0.5) is 4.79 Å². The molecule has 0 aromatic rings. The molecule has 0 radical (unpaired) electrons. The minimum atomic E-state index is -0.595. The molecule has 0 aromatic carbocycles. The largest absolute Gasteiger partial charge is 0.444 e. The average molecular weight is 282 g/mol. The second-order valence-electron chi connectivity index (χ2n) is 4.55. The predicted octanol–water partition coefficient (Wildman–Crippen LogP) is 2.00. The molecule has 5 heteroatoms. The lowest BCUT2D eigenvalue weighted by molar-refractivity contribution is 0.00919. The van der Waals surface area contributed by atoms with Crippen molar-refractivity contribution in [2.45, 2.75) is 45.4 Å². The monoisotopic (exact) mass is 281 g/mol. The predicted molar refractivity (Wildman–Crippen MR) is 63.3 cm³/mol. The first-order chi connectivity index (χ1) is 6.69. The van der Waals surface area contributed by atoms with Gasteiger partial charge in [0, 0.05) is 12.4 Å². The van der Waals surface area contributed by atoms with Gasteiger partial charge in [0.2, 0.25) is 0 Å². The molecule has 90 valence electrons. The van der Waals surface area contributed by atoms with Gasteiger partial charge in [-0.25, -0.2) is 4.79 Å². The van der Waals surface area contributed by atoms with Gasteiger partial charge in [-0.05, 0) is 27.7 Å². The maximum atomic E-state index is 11.6. The molecule has 2 unspecified atom stereocenters. The molecule has 0 rings (SSSR count). The summed E-state index contributed by atoms with van der Waals surface area (Å²) in [5.74, 6) is 0. The zero-order chi connectivity index (χ0) is 12.2. The lowest BCUT2D eigenvalue weighted by atomic mass is 10.2. The minimum Gasteiger partial charge on any atom is -0.444 e. The van der Waals surface area contributed by atoms with Gasteiger partial charge in [0.25, 0.3) is 0 Å². The van der Waals surface area contributed by atoms with E-state index in [0.29, 0.717) is 5.33 Å². The lowest BCUT2D eigenvalue weighted by Crippen LogP contribution is -2.45. The third kappa shape index (κ3) is 5.37. The molecule has 4 nitrogen and oxygen atoms in total. The van der Waals surface area contributed by atoms with Crippen LogP contribution in [0.25, 0.3) is 0 Å². The summed E-state index contributed by atoms with van der Waals surface area (Å²) >= 11 is 3.17. The molecule has 0 heterocycles. The van der Waals surface area contributed by atoms with Crippen molar-refractivity contribution < 1.29 is 14.6 Å². The Morgan fingerprint density at radius 3 is 2.33 bits per heavy atom. The number of likely N-dealkylation sites (N-methyl/N-ethyl adjacent to an activating group) is 1. The molecule has 0 aromatic heterocycles. The summed E-state index contributed by atoms with van der Waals surface area (Å²) in [5, 5.41) is 9.98. The Morgan fingerprint density at radius 2 is 2.00 bits per heavy atom. The van der Waals surface area contributed by atoms with Crippen molar-refractivity contribution in [1.82, 2.24) is 4.90 Å². The number of aliphatic hydroxyl groups is 1. The van der Waals surface area contributed by atoms with Gasteiger partial charge in [-0.2, -0.15) is 0 Å². The van der Waals surface area contributed by atoms with Crippen molar-refractivity contribution in [3.63, 3.8) is 0 Å². The maximum absolute atomic E-state index is 11.6. The summed E-state index contributed by atoms with van der Waals surface area (Å²) in [4.78, 5) is 13.0. The zero-order valence-corrected chi connectivity index (χ0v) is 11.5. The number of halogens is 1. The van der Waals surface area contributed by atoms with Crippen LogP contribution in [0.15, 0.2) is 0 Å². The van der Waals surface area contributed by atoms with E-state index >= 15 is 0 Å². The van der Waals surface area contributed by atoms with Crippen molar-refractivity contribution in [3.8, 4) is 0 Å². The van der Waals surface area contributed by atoms with Crippen LogP contribution < -0.4 is 0 Å². The van der Waals surface area contributed by atoms with Crippen LogP contribution in [-0.2, 0) is 4.74 Å². The van der Waals surface area contributed by atoms with E-state index in [0.717, 1.165) is 0 Å². The Bertz CT molecular complexity index is 215. The standard InChI is InChI=1S/C10H20BrNO3/c1-7(8(13)6-11)12(5)9(14)15-10(2,3)4/h7-8,13H,6H2,1-5H3. The first kappa shape index (κ1) is 14.7. The molecule has 1 amide bonds. The molecule has 15 heavy (non-hydrogen) atoms. The Hall–Kier alpha value is -0.290. The number of carbonyl (C=O) groups is 1. The topological polar surface area (TPSA) is 49.8 Å². The van der Waals surface area contributed by atoms with E-state index in [1.165, 1.54) is 4.90 Å². The van der Waals surface area contributed by atoms with E-state index < -0.39 is 17.8 Å². The van der Waals surface area contributed by atoms with E-state index in [1.807, 2.05) is 20.8 Å². The van der Waals surface area contributed by atoms with Gasteiger partial charge in [-0.3, -0.25) is 0 Å². The highest BCUT2D eigenvalue weighted by Gasteiger charge is 2.26. The van der Waals surface area contributed by atoms with Gasteiger partial charge in [0.05, 0.1) is 12.1 Å². The number of carbonyl (C=O) groups excluding carboxylic acids is 1. The summed E-state index contributed by atoms with van der Waals surface area (Å²) in [6.45, 7) is 7.20. The van der Waals surface area contributed by atoms with Crippen molar-refractivity contribution in [2.24, 2.45) is 0 Å². The van der Waals surface area contributed by atoms with Crippen LogP contribution in [0.5, 0.6) is 0 Å². The molecule has 2 atom stereocenters. The Labute approximate surface area is 99.7 Å². The van der Waals surface area contributed by atoms with Crippen LogP contribution in [-0.4, -0.2) is 46.2 Å². The minimum absolute atomic E-state index is 0.278. The van der Waals surface area contributed by atoms with Crippen LogP contribution in [0, 0.1) is 0 Å². The molecule has 1 N–H and O–H groups in total.